The van der Waals surface area contributed by atoms with Crippen molar-refractivity contribution in [3.8, 4) is 0 Å². The summed E-state index contributed by atoms with van der Waals surface area (Å²) in [6, 6.07) is 11.9. The number of nitrogens with zero attached hydrogens (tertiary/aromatic N) is 2. The van der Waals surface area contributed by atoms with Gasteiger partial charge in [0.2, 0.25) is 21.8 Å². The van der Waals surface area contributed by atoms with E-state index in [0.717, 1.165) is 11.3 Å². The zero-order chi connectivity index (χ0) is 24.7. The van der Waals surface area contributed by atoms with Crippen molar-refractivity contribution in [2.75, 3.05) is 54.9 Å². The van der Waals surface area contributed by atoms with Crippen LogP contribution in [0.15, 0.2) is 47.4 Å². The molecule has 0 atom stereocenters. The third-order valence-corrected chi connectivity index (χ3v) is 7.49. The second-order valence-electron chi connectivity index (χ2n) is 7.97. The molecule has 0 aliphatic carbocycles. The van der Waals surface area contributed by atoms with Crippen molar-refractivity contribution in [2.24, 2.45) is 0 Å². The molecule has 1 aliphatic heterocycles. The molecule has 0 aromatic heterocycles. The molecule has 1 fully saturated rings. The number of benzene rings is 2. The lowest BCUT2D eigenvalue weighted by Crippen LogP contribution is -2.40. The number of anilines is 3. The SMILES string of the molecule is CCN(CC)c1ccc(S(=O)(=O)N2CCOCC2)cc1NC(=O)Cc1ccc(NC(C)=O)cc1. The Morgan fingerprint density at radius 3 is 2.24 bits per heavy atom. The van der Waals surface area contributed by atoms with E-state index < -0.39 is 10.0 Å². The molecule has 184 valence electrons. The lowest BCUT2D eigenvalue weighted by Gasteiger charge is -2.28. The van der Waals surface area contributed by atoms with Crippen LogP contribution < -0.4 is 15.5 Å². The zero-order valence-corrected chi connectivity index (χ0v) is 20.7. The number of rotatable bonds is 9. The number of nitrogens with one attached hydrogen (secondary N) is 2. The van der Waals surface area contributed by atoms with E-state index in [-0.39, 0.29) is 23.1 Å². The highest BCUT2D eigenvalue weighted by Crippen LogP contribution is 2.30. The lowest BCUT2D eigenvalue weighted by atomic mass is 10.1. The highest BCUT2D eigenvalue weighted by Gasteiger charge is 2.27. The first-order chi connectivity index (χ1) is 16.2. The van der Waals surface area contributed by atoms with Gasteiger partial charge in [-0.2, -0.15) is 4.31 Å². The van der Waals surface area contributed by atoms with Crippen LogP contribution in [0.1, 0.15) is 26.3 Å². The fraction of sp³-hybridized carbons (Fsp3) is 0.417. The Labute approximate surface area is 201 Å². The van der Waals surface area contributed by atoms with Crippen LogP contribution in [-0.4, -0.2) is 63.9 Å². The van der Waals surface area contributed by atoms with Gasteiger partial charge in [0.1, 0.15) is 0 Å². The van der Waals surface area contributed by atoms with Gasteiger partial charge >= 0.3 is 0 Å². The summed E-state index contributed by atoms with van der Waals surface area (Å²) in [4.78, 5) is 26.3. The van der Waals surface area contributed by atoms with Crippen LogP contribution in [0.25, 0.3) is 0 Å². The van der Waals surface area contributed by atoms with Gasteiger partial charge in [-0.15, -0.1) is 0 Å². The fourth-order valence-electron chi connectivity index (χ4n) is 3.84. The Bertz CT molecular complexity index is 1110. The summed E-state index contributed by atoms with van der Waals surface area (Å²) in [6.07, 6.45) is 0.110. The molecule has 1 heterocycles. The average Bonchev–Trinajstić information content (AvgIpc) is 2.82. The normalized spacial score (nSPS) is 14.4. The maximum atomic E-state index is 13.2. The molecule has 0 unspecified atom stereocenters. The molecule has 2 aromatic carbocycles. The third kappa shape index (κ3) is 6.34. The van der Waals surface area contributed by atoms with Crippen molar-refractivity contribution >= 4 is 38.9 Å². The Kier molecular flexibility index (Phi) is 8.65. The predicted octanol–water partition coefficient (Wildman–Crippen LogP) is 2.69. The van der Waals surface area contributed by atoms with Crippen molar-refractivity contribution < 1.29 is 22.7 Å². The third-order valence-electron chi connectivity index (χ3n) is 5.59. The number of carbonyl (C=O) groups excluding carboxylic acids is 2. The maximum absolute atomic E-state index is 13.2. The first kappa shape index (κ1) is 25.7. The van der Waals surface area contributed by atoms with Crippen molar-refractivity contribution in [1.29, 1.82) is 0 Å². The lowest BCUT2D eigenvalue weighted by molar-refractivity contribution is -0.116. The molecule has 2 N–H and O–H groups in total. The van der Waals surface area contributed by atoms with Gasteiger partial charge in [0.05, 0.1) is 35.9 Å². The Balaban J connectivity index is 1.84. The van der Waals surface area contributed by atoms with Gasteiger partial charge in [0, 0.05) is 38.8 Å². The summed E-state index contributed by atoms with van der Waals surface area (Å²) < 4.78 is 33.0. The molecular weight excluding hydrogens is 456 g/mol. The van der Waals surface area contributed by atoms with Crippen LogP contribution in [0.4, 0.5) is 17.1 Å². The van der Waals surface area contributed by atoms with Gasteiger partial charge in [-0.1, -0.05) is 12.1 Å². The van der Waals surface area contributed by atoms with Gasteiger partial charge in [-0.05, 0) is 49.7 Å². The first-order valence-corrected chi connectivity index (χ1v) is 12.8. The molecule has 34 heavy (non-hydrogen) atoms. The van der Waals surface area contributed by atoms with E-state index in [0.29, 0.717) is 50.8 Å². The number of amides is 2. The molecule has 0 radical (unpaired) electrons. The van der Waals surface area contributed by atoms with Crippen LogP contribution in [0, 0.1) is 0 Å². The van der Waals surface area contributed by atoms with E-state index in [1.807, 2.05) is 13.8 Å². The number of hydrogen-bond donors (Lipinski definition) is 2. The maximum Gasteiger partial charge on any atom is 0.243 e. The minimum Gasteiger partial charge on any atom is -0.379 e. The number of ether oxygens (including phenoxy) is 1. The average molecular weight is 489 g/mol. The van der Waals surface area contributed by atoms with E-state index >= 15 is 0 Å². The van der Waals surface area contributed by atoms with Crippen molar-refractivity contribution in [3.05, 3.63) is 48.0 Å². The quantitative estimate of drug-likeness (QED) is 0.562. The zero-order valence-electron chi connectivity index (χ0n) is 19.8. The number of carbonyl (C=O) groups is 2. The summed E-state index contributed by atoms with van der Waals surface area (Å²) in [5.41, 5.74) is 2.65. The predicted molar refractivity (Wildman–Crippen MR) is 133 cm³/mol. The molecule has 3 rings (SSSR count). The fourth-order valence-corrected chi connectivity index (χ4v) is 5.28. The molecule has 0 spiro atoms. The Morgan fingerprint density at radius 1 is 1.00 bits per heavy atom. The van der Waals surface area contributed by atoms with Gasteiger partial charge < -0.3 is 20.3 Å². The standard InChI is InChI=1S/C24H32N4O5S/c1-4-27(5-2)23-11-10-21(34(31,32)28-12-14-33-15-13-28)17-22(23)26-24(30)16-19-6-8-20(9-7-19)25-18(3)29/h6-11,17H,4-5,12-16H2,1-3H3,(H,25,29)(H,26,30). The number of sulfonamides is 1. The second kappa shape index (κ2) is 11.5. The van der Waals surface area contributed by atoms with E-state index in [1.165, 1.54) is 17.3 Å². The minimum absolute atomic E-state index is 0.110. The highest BCUT2D eigenvalue weighted by molar-refractivity contribution is 7.89. The molecular formula is C24H32N4O5S. The molecule has 1 saturated heterocycles. The van der Waals surface area contributed by atoms with E-state index in [1.54, 1.807) is 36.4 Å². The van der Waals surface area contributed by atoms with Crippen molar-refractivity contribution in [3.63, 3.8) is 0 Å². The summed E-state index contributed by atoms with van der Waals surface area (Å²) in [5, 5.41) is 5.60. The number of morpholine rings is 1. The Morgan fingerprint density at radius 2 is 1.65 bits per heavy atom. The second-order valence-corrected chi connectivity index (χ2v) is 9.91. The monoisotopic (exact) mass is 488 g/mol. The van der Waals surface area contributed by atoms with Crippen LogP contribution >= 0.6 is 0 Å². The summed E-state index contributed by atoms with van der Waals surface area (Å²) in [6.45, 7) is 8.18. The molecule has 2 aromatic rings. The Hall–Kier alpha value is -2.95. The number of hydrogen-bond acceptors (Lipinski definition) is 6. The van der Waals surface area contributed by atoms with Gasteiger partial charge in [0.15, 0.2) is 0 Å². The molecule has 1 aliphatic rings. The molecule has 10 heteroatoms. The van der Waals surface area contributed by atoms with Crippen molar-refractivity contribution in [1.82, 2.24) is 4.31 Å². The topological polar surface area (TPSA) is 108 Å². The van der Waals surface area contributed by atoms with Crippen LogP contribution in [0.2, 0.25) is 0 Å². The summed E-state index contributed by atoms with van der Waals surface area (Å²) >= 11 is 0. The van der Waals surface area contributed by atoms with Crippen molar-refractivity contribution in [2.45, 2.75) is 32.1 Å². The van der Waals surface area contributed by atoms with Gasteiger partial charge in [0.25, 0.3) is 0 Å². The largest absolute Gasteiger partial charge is 0.379 e. The molecule has 0 bridgehead atoms. The van der Waals surface area contributed by atoms with Crippen LogP contribution in [0.5, 0.6) is 0 Å². The molecule has 2 amide bonds. The van der Waals surface area contributed by atoms with E-state index in [2.05, 4.69) is 15.5 Å². The van der Waals surface area contributed by atoms with Crippen LogP contribution in [-0.2, 0) is 30.8 Å². The van der Waals surface area contributed by atoms with Gasteiger partial charge in [-0.3, -0.25) is 9.59 Å². The molecule has 0 saturated carbocycles. The van der Waals surface area contributed by atoms with Crippen LogP contribution in [0.3, 0.4) is 0 Å². The smallest absolute Gasteiger partial charge is 0.243 e. The summed E-state index contributed by atoms with van der Waals surface area (Å²) in [5.74, 6) is -0.428. The molecule has 9 nitrogen and oxygen atoms in total. The van der Waals surface area contributed by atoms with E-state index in [4.69, 9.17) is 4.74 Å². The minimum atomic E-state index is -3.70. The van der Waals surface area contributed by atoms with Gasteiger partial charge in [-0.25, -0.2) is 8.42 Å². The van der Waals surface area contributed by atoms with E-state index in [9.17, 15) is 18.0 Å². The highest BCUT2D eigenvalue weighted by atomic mass is 32.2. The summed E-state index contributed by atoms with van der Waals surface area (Å²) in [7, 11) is -3.70. The first-order valence-electron chi connectivity index (χ1n) is 11.4.